The second kappa shape index (κ2) is 2.86. The Morgan fingerprint density at radius 1 is 0.824 bits per heavy atom. The highest BCUT2D eigenvalue weighted by Crippen LogP contribution is 2.36. The number of fused-ring (bicyclic) bond motifs is 5. The Hall–Kier alpha value is -2.35. The molecule has 2 nitrogen and oxygen atoms in total. The summed E-state index contributed by atoms with van der Waals surface area (Å²) in [5.41, 5.74) is 3.83. The van der Waals surface area contributed by atoms with Crippen molar-refractivity contribution in [3.05, 3.63) is 60.2 Å². The lowest BCUT2D eigenvalue weighted by Gasteiger charge is -1.98. The Bertz CT molecular complexity index is 767. The van der Waals surface area contributed by atoms with E-state index in [0.29, 0.717) is 0 Å². The van der Waals surface area contributed by atoms with Crippen LogP contribution in [-0.4, -0.2) is 10.5 Å². The van der Waals surface area contributed by atoms with Crippen LogP contribution in [0.4, 0.5) is 0 Å². The van der Waals surface area contributed by atoms with Gasteiger partial charge in [0.15, 0.2) is 0 Å². The monoisotopic (exact) mass is 219 g/mol. The fourth-order valence-electron chi connectivity index (χ4n) is 2.59. The molecule has 17 heavy (non-hydrogen) atoms. The van der Waals surface area contributed by atoms with E-state index in [4.69, 9.17) is 0 Å². The van der Waals surface area contributed by atoms with Gasteiger partial charge in [-0.1, -0.05) is 36.4 Å². The van der Waals surface area contributed by atoms with Crippen LogP contribution in [0.2, 0.25) is 0 Å². The Morgan fingerprint density at radius 3 is 2.41 bits per heavy atom. The highest BCUT2D eigenvalue weighted by molar-refractivity contribution is 6.14. The summed E-state index contributed by atoms with van der Waals surface area (Å²) in [6.07, 6.45) is 0. The molecule has 0 radical (unpaired) electrons. The molecule has 0 saturated heterocycles. The summed E-state index contributed by atoms with van der Waals surface area (Å²) in [4.78, 5) is 12.3. The maximum absolute atomic E-state index is 12.3. The number of carbonyl (C=O) groups is 1. The first-order valence-electron chi connectivity index (χ1n) is 5.61. The van der Waals surface area contributed by atoms with Gasteiger partial charge in [-0.3, -0.25) is 9.36 Å². The Kier molecular flexibility index (Phi) is 1.47. The molecule has 2 aromatic carbocycles. The smallest absolute Gasteiger partial charge is 0.263 e. The first kappa shape index (κ1) is 8.76. The molecular formula is C15H9NO. The summed E-state index contributed by atoms with van der Waals surface area (Å²) < 4.78 is 1.81. The number of para-hydroxylation sites is 1. The van der Waals surface area contributed by atoms with Gasteiger partial charge in [0.1, 0.15) is 0 Å². The van der Waals surface area contributed by atoms with Gasteiger partial charge in [-0.15, -0.1) is 0 Å². The molecule has 0 saturated carbocycles. The first-order chi connectivity index (χ1) is 8.36. The predicted octanol–water partition coefficient (Wildman–Crippen LogP) is 3.31. The fourth-order valence-corrected chi connectivity index (χ4v) is 2.59. The minimum Gasteiger partial charge on any atom is -0.276 e. The molecule has 1 aliphatic rings. The fraction of sp³-hybridized carbons (Fsp3) is 0. The zero-order valence-electron chi connectivity index (χ0n) is 9.05. The van der Waals surface area contributed by atoms with Crippen molar-refractivity contribution >= 4 is 16.8 Å². The summed E-state index contributed by atoms with van der Waals surface area (Å²) in [6.45, 7) is 0. The van der Waals surface area contributed by atoms with Crippen molar-refractivity contribution in [1.29, 1.82) is 0 Å². The van der Waals surface area contributed by atoms with Crippen molar-refractivity contribution in [2.75, 3.05) is 0 Å². The summed E-state index contributed by atoms with van der Waals surface area (Å²) >= 11 is 0. The maximum Gasteiger partial charge on any atom is 0.263 e. The van der Waals surface area contributed by atoms with E-state index in [1.807, 2.05) is 48.5 Å². The molecule has 4 rings (SSSR count). The van der Waals surface area contributed by atoms with E-state index in [0.717, 1.165) is 27.7 Å². The van der Waals surface area contributed by atoms with Crippen molar-refractivity contribution in [3.63, 3.8) is 0 Å². The number of nitrogens with zero attached hydrogens (tertiary/aromatic N) is 1. The molecule has 0 N–H and O–H groups in total. The predicted molar refractivity (Wildman–Crippen MR) is 67.1 cm³/mol. The second-order valence-electron chi connectivity index (χ2n) is 4.27. The normalized spacial score (nSPS) is 12.8. The average molecular weight is 219 g/mol. The summed E-state index contributed by atoms with van der Waals surface area (Å²) in [6, 6.07) is 17.8. The number of benzene rings is 2. The number of hydrogen-bond acceptors (Lipinski definition) is 1. The van der Waals surface area contributed by atoms with Gasteiger partial charge in [0.05, 0.1) is 11.2 Å². The minimum absolute atomic E-state index is 0.0804. The molecular weight excluding hydrogens is 210 g/mol. The Labute approximate surface area is 98.1 Å². The van der Waals surface area contributed by atoms with Gasteiger partial charge in [0.2, 0.25) is 0 Å². The Balaban J connectivity index is 2.19. The van der Waals surface area contributed by atoms with E-state index in [-0.39, 0.29) is 5.91 Å². The zero-order valence-corrected chi connectivity index (χ0v) is 9.05. The largest absolute Gasteiger partial charge is 0.276 e. The Morgan fingerprint density at radius 2 is 1.53 bits per heavy atom. The lowest BCUT2D eigenvalue weighted by atomic mass is 10.1. The summed E-state index contributed by atoms with van der Waals surface area (Å²) in [5, 5.41) is 1.12. The van der Waals surface area contributed by atoms with E-state index >= 15 is 0 Å². The van der Waals surface area contributed by atoms with Crippen LogP contribution in [0.1, 0.15) is 10.4 Å². The van der Waals surface area contributed by atoms with Crippen LogP contribution >= 0.6 is 0 Å². The SMILES string of the molecule is O=C1c2ccccc2-c2cc3ccccc3n21. The van der Waals surface area contributed by atoms with Crippen molar-refractivity contribution in [2.45, 2.75) is 0 Å². The molecule has 0 atom stereocenters. The topological polar surface area (TPSA) is 22.0 Å². The van der Waals surface area contributed by atoms with Crippen LogP contribution in [0.25, 0.3) is 22.2 Å². The third kappa shape index (κ3) is 0.972. The van der Waals surface area contributed by atoms with E-state index in [1.165, 1.54) is 0 Å². The molecule has 0 spiro atoms. The molecule has 3 aromatic rings. The van der Waals surface area contributed by atoms with Crippen molar-refractivity contribution in [3.8, 4) is 11.3 Å². The number of hydrogen-bond donors (Lipinski definition) is 0. The van der Waals surface area contributed by atoms with Gasteiger partial charge >= 0.3 is 0 Å². The van der Waals surface area contributed by atoms with Crippen LogP contribution in [0.3, 0.4) is 0 Å². The van der Waals surface area contributed by atoms with E-state index < -0.39 is 0 Å². The molecule has 0 bridgehead atoms. The minimum atomic E-state index is 0.0804. The van der Waals surface area contributed by atoms with Crippen LogP contribution in [0, 0.1) is 0 Å². The van der Waals surface area contributed by atoms with Crippen molar-refractivity contribution in [1.82, 2.24) is 4.57 Å². The maximum atomic E-state index is 12.3. The van der Waals surface area contributed by atoms with Gasteiger partial charge in [0.25, 0.3) is 5.91 Å². The lowest BCUT2D eigenvalue weighted by Crippen LogP contribution is -2.05. The first-order valence-corrected chi connectivity index (χ1v) is 5.61. The van der Waals surface area contributed by atoms with E-state index in [9.17, 15) is 4.79 Å². The lowest BCUT2D eigenvalue weighted by molar-refractivity contribution is 0.0973. The number of aromatic nitrogens is 1. The quantitative estimate of drug-likeness (QED) is 0.444. The molecule has 0 unspecified atom stereocenters. The second-order valence-corrected chi connectivity index (χ2v) is 4.27. The van der Waals surface area contributed by atoms with Gasteiger partial charge in [-0.2, -0.15) is 0 Å². The zero-order chi connectivity index (χ0) is 11.4. The summed E-state index contributed by atoms with van der Waals surface area (Å²) in [5.74, 6) is 0.0804. The number of carbonyl (C=O) groups excluding carboxylic acids is 1. The van der Waals surface area contributed by atoms with Crippen molar-refractivity contribution < 1.29 is 4.79 Å². The molecule has 0 fully saturated rings. The van der Waals surface area contributed by atoms with Crippen LogP contribution < -0.4 is 0 Å². The van der Waals surface area contributed by atoms with Crippen molar-refractivity contribution in [2.24, 2.45) is 0 Å². The van der Waals surface area contributed by atoms with Crippen LogP contribution in [0.15, 0.2) is 54.6 Å². The third-order valence-electron chi connectivity index (χ3n) is 3.35. The van der Waals surface area contributed by atoms with Crippen LogP contribution in [-0.2, 0) is 0 Å². The highest BCUT2D eigenvalue weighted by Gasteiger charge is 2.27. The highest BCUT2D eigenvalue weighted by atomic mass is 16.2. The van der Waals surface area contributed by atoms with E-state index in [2.05, 4.69) is 6.07 Å². The van der Waals surface area contributed by atoms with Crippen LogP contribution in [0.5, 0.6) is 0 Å². The molecule has 2 heterocycles. The molecule has 1 aliphatic heterocycles. The van der Waals surface area contributed by atoms with Gasteiger partial charge in [-0.05, 0) is 18.2 Å². The van der Waals surface area contributed by atoms with Gasteiger partial charge in [0, 0.05) is 16.5 Å². The molecule has 0 amide bonds. The summed E-state index contributed by atoms with van der Waals surface area (Å²) in [7, 11) is 0. The van der Waals surface area contributed by atoms with Gasteiger partial charge < -0.3 is 0 Å². The molecule has 80 valence electrons. The number of rotatable bonds is 0. The van der Waals surface area contributed by atoms with Gasteiger partial charge in [-0.25, -0.2) is 0 Å². The van der Waals surface area contributed by atoms with E-state index in [1.54, 1.807) is 4.57 Å². The third-order valence-corrected chi connectivity index (χ3v) is 3.35. The average Bonchev–Trinajstić information content (AvgIpc) is 2.88. The standard InChI is InChI=1S/C15H9NO/c17-15-12-7-3-2-6-11(12)14-9-10-5-1-4-8-13(10)16(14)15/h1-9H. The molecule has 0 aliphatic carbocycles. The molecule has 1 aromatic heterocycles. The molecule has 2 heteroatoms.